The van der Waals surface area contributed by atoms with Crippen LogP contribution < -0.4 is 15.8 Å². The van der Waals surface area contributed by atoms with E-state index in [1.54, 1.807) is 0 Å². The Balaban J connectivity index is 1.49. The number of fused-ring (bicyclic) bond motifs is 1. The highest BCUT2D eigenvalue weighted by atomic mass is 32.2. The lowest BCUT2D eigenvalue weighted by molar-refractivity contribution is 0.443. The number of nitrogens with one attached hydrogen (secondary N) is 3. The molecule has 1 aromatic heterocycles. The molecule has 0 aliphatic heterocycles. The third kappa shape index (κ3) is 3.93. The third-order valence-electron chi connectivity index (χ3n) is 5.04. The Labute approximate surface area is 159 Å². The van der Waals surface area contributed by atoms with Crippen LogP contribution >= 0.6 is 11.9 Å². The Kier molecular flexibility index (Phi) is 5.03. The number of H-pyrrole nitrogens is 2. The fraction of sp³-hybridized carbons (Fsp3) is 0.300. The minimum atomic E-state index is -0.793. The first-order valence-corrected chi connectivity index (χ1v) is 9.90. The predicted molar refractivity (Wildman–Crippen MR) is 107 cm³/mol. The maximum atomic E-state index is 14.3. The number of halogens is 1. The molecule has 7 heteroatoms. The van der Waals surface area contributed by atoms with Gasteiger partial charge < -0.3 is 14.7 Å². The summed E-state index contributed by atoms with van der Waals surface area (Å²) >= 11 is 1.13. The first-order chi connectivity index (χ1) is 13.1. The molecule has 1 fully saturated rings. The molecule has 0 bridgehead atoms. The highest BCUT2D eigenvalue weighted by Gasteiger charge is 2.15. The minimum absolute atomic E-state index is 0.262. The van der Waals surface area contributed by atoms with E-state index in [0.29, 0.717) is 16.3 Å². The van der Waals surface area contributed by atoms with Gasteiger partial charge in [0.1, 0.15) is 5.82 Å². The standard InChI is InChI=1S/C20H20FN3O2S/c21-15-10-16-17(23-20(26)19(25)22-16)11-18(15)27-24-14-8-6-13(7-9-14)12-4-2-1-3-5-12/h6-12,24H,1-5H2,(H,22,25)(H,23,26). The normalized spacial score (nSPS) is 15.1. The SMILES string of the molecule is O=c1[nH]c2cc(F)c(SNc3ccc(C4CCCCC4)cc3)cc2[nH]c1=O. The van der Waals surface area contributed by atoms with Gasteiger partial charge in [-0.15, -0.1) is 0 Å². The van der Waals surface area contributed by atoms with Gasteiger partial charge in [-0.2, -0.15) is 0 Å². The molecule has 1 saturated carbocycles. The second kappa shape index (κ2) is 7.60. The van der Waals surface area contributed by atoms with Crippen LogP contribution in [0.5, 0.6) is 0 Å². The summed E-state index contributed by atoms with van der Waals surface area (Å²) in [6.07, 6.45) is 6.45. The lowest BCUT2D eigenvalue weighted by Crippen LogP contribution is -2.28. The summed E-state index contributed by atoms with van der Waals surface area (Å²) in [5, 5.41) is 0. The predicted octanol–water partition coefficient (Wildman–Crippen LogP) is 4.52. The van der Waals surface area contributed by atoms with E-state index in [0.717, 1.165) is 17.6 Å². The monoisotopic (exact) mass is 385 g/mol. The van der Waals surface area contributed by atoms with Crippen LogP contribution in [0.25, 0.3) is 11.0 Å². The van der Waals surface area contributed by atoms with Gasteiger partial charge in [0, 0.05) is 11.8 Å². The van der Waals surface area contributed by atoms with Gasteiger partial charge in [0.2, 0.25) is 0 Å². The fourth-order valence-corrected chi connectivity index (χ4v) is 4.27. The van der Waals surface area contributed by atoms with E-state index in [2.05, 4.69) is 26.8 Å². The molecule has 5 nitrogen and oxygen atoms in total. The van der Waals surface area contributed by atoms with Gasteiger partial charge in [-0.3, -0.25) is 9.59 Å². The van der Waals surface area contributed by atoms with Crippen molar-refractivity contribution in [2.24, 2.45) is 0 Å². The van der Waals surface area contributed by atoms with Crippen molar-refractivity contribution >= 4 is 28.7 Å². The van der Waals surface area contributed by atoms with Crippen LogP contribution in [-0.4, -0.2) is 9.97 Å². The first-order valence-electron chi connectivity index (χ1n) is 9.09. The zero-order valence-corrected chi connectivity index (χ0v) is 15.5. The molecule has 4 rings (SSSR count). The average molecular weight is 385 g/mol. The molecule has 0 spiro atoms. The fourth-order valence-electron chi connectivity index (χ4n) is 3.57. The van der Waals surface area contributed by atoms with E-state index in [9.17, 15) is 14.0 Å². The summed E-state index contributed by atoms with van der Waals surface area (Å²) in [6, 6.07) is 11.0. The summed E-state index contributed by atoms with van der Waals surface area (Å²) in [6.45, 7) is 0. The van der Waals surface area contributed by atoms with Crippen LogP contribution in [0, 0.1) is 5.82 Å². The molecule has 0 atom stereocenters. The van der Waals surface area contributed by atoms with Crippen molar-refractivity contribution < 1.29 is 4.39 Å². The summed E-state index contributed by atoms with van der Waals surface area (Å²) in [5.41, 5.74) is 1.35. The van der Waals surface area contributed by atoms with E-state index >= 15 is 0 Å². The van der Waals surface area contributed by atoms with E-state index in [1.165, 1.54) is 49.8 Å². The van der Waals surface area contributed by atoms with Crippen LogP contribution in [-0.2, 0) is 0 Å². The maximum absolute atomic E-state index is 14.3. The van der Waals surface area contributed by atoms with E-state index in [-0.39, 0.29) is 5.52 Å². The molecule has 3 aromatic rings. The van der Waals surface area contributed by atoms with Crippen molar-refractivity contribution in [2.75, 3.05) is 4.72 Å². The molecule has 0 amide bonds. The van der Waals surface area contributed by atoms with Gasteiger partial charge in [0.25, 0.3) is 0 Å². The lowest BCUT2D eigenvalue weighted by Gasteiger charge is -2.22. The number of anilines is 1. The molecule has 140 valence electrons. The number of benzene rings is 2. The van der Waals surface area contributed by atoms with Gasteiger partial charge in [0.05, 0.1) is 15.9 Å². The zero-order chi connectivity index (χ0) is 18.8. The molecule has 1 aliphatic carbocycles. The number of aromatic amines is 2. The molecule has 1 aliphatic rings. The van der Waals surface area contributed by atoms with Crippen molar-refractivity contribution in [3.63, 3.8) is 0 Å². The Morgan fingerprint density at radius 1 is 0.926 bits per heavy atom. The maximum Gasteiger partial charge on any atom is 0.314 e. The molecular formula is C20H20FN3O2S. The van der Waals surface area contributed by atoms with Crippen LogP contribution in [0.4, 0.5) is 10.1 Å². The Hall–Kier alpha value is -2.54. The second-order valence-corrected chi connectivity index (χ2v) is 7.75. The molecule has 3 N–H and O–H groups in total. The lowest BCUT2D eigenvalue weighted by atomic mass is 9.84. The number of aromatic nitrogens is 2. The summed E-state index contributed by atoms with van der Waals surface area (Å²) < 4.78 is 17.4. The number of rotatable bonds is 4. The van der Waals surface area contributed by atoms with Crippen LogP contribution in [0.15, 0.2) is 50.9 Å². The summed E-state index contributed by atoms with van der Waals surface area (Å²) in [5.74, 6) is 0.180. The molecular weight excluding hydrogens is 365 g/mol. The second-order valence-electron chi connectivity index (χ2n) is 6.90. The molecule has 27 heavy (non-hydrogen) atoms. The minimum Gasteiger partial charge on any atom is -0.326 e. The molecule has 1 heterocycles. The molecule has 0 saturated heterocycles. The topological polar surface area (TPSA) is 77.8 Å². The first kappa shape index (κ1) is 17.9. The number of hydrogen-bond donors (Lipinski definition) is 3. The van der Waals surface area contributed by atoms with Crippen molar-refractivity contribution in [3.8, 4) is 0 Å². The quantitative estimate of drug-likeness (QED) is 0.456. The van der Waals surface area contributed by atoms with Crippen molar-refractivity contribution in [2.45, 2.75) is 42.9 Å². The van der Waals surface area contributed by atoms with Crippen LogP contribution in [0.3, 0.4) is 0 Å². The molecule has 0 unspecified atom stereocenters. The van der Waals surface area contributed by atoms with E-state index < -0.39 is 16.9 Å². The summed E-state index contributed by atoms with van der Waals surface area (Å²) in [7, 11) is 0. The van der Waals surface area contributed by atoms with Crippen molar-refractivity contribution in [1.29, 1.82) is 0 Å². The van der Waals surface area contributed by atoms with E-state index in [1.807, 2.05) is 12.1 Å². The third-order valence-corrected chi connectivity index (χ3v) is 5.91. The summed E-state index contributed by atoms with van der Waals surface area (Å²) in [4.78, 5) is 28.0. The Bertz CT molecular complexity index is 1070. The highest BCUT2D eigenvalue weighted by molar-refractivity contribution is 8.00. The zero-order valence-electron chi connectivity index (χ0n) is 14.7. The molecule has 0 radical (unpaired) electrons. The van der Waals surface area contributed by atoms with Gasteiger partial charge in [0.15, 0.2) is 0 Å². The van der Waals surface area contributed by atoms with Crippen molar-refractivity contribution in [3.05, 3.63) is 68.5 Å². The smallest absolute Gasteiger partial charge is 0.314 e. The Morgan fingerprint density at radius 3 is 2.22 bits per heavy atom. The van der Waals surface area contributed by atoms with Gasteiger partial charge in [-0.05, 0) is 54.5 Å². The van der Waals surface area contributed by atoms with Gasteiger partial charge in [-0.1, -0.05) is 31.4 Å². The van der Waals surface area contributed by atoms with E-state index in [4.69, 9.17) is 0 Å². The van der Waals surface area contributed by atoms with Gasteiger partial charge in [-0.25, -0.2) is 4.39 Å². The highest BCUT2D eigenvalue weighted by Crippen LogP contribution is 2.33. The van der Waals surface area contributed by atoms with Crippen molar-refractivity contribution in [1.82, 2.24) is 9.97 Å². The molecule has 2 aromatic carbocycles. The Morgan fingerprint density at radius 2 is 1.56 bits per heavy atom. The van der Waals surface area contributed by atoms with Crippen LogP contribution in [0.2, 0.25) is 0 Å². The number of hydrogen-bond acceptors (Lipinski definition) is 4. The van der Waals surface area contributed by atoms with Crippen LogP contribution in [0.1, 0.15) is 43.6 Å². The van der Waals surface area contributed by atoms with Gasteiger partial charge >= 0.3 is 11.1 Å². The largest absolute Gasteiger partial charge is 0.326 e. The average Bonchev–Trinajstić information content (AvgIpc) is 2.69.